The first-order chi connectivity index (χ1) is 9.63. The molecule has 3 rings (SSSR count). The Labute approximate surface area is 116 Å². The van der Waals surface area contributed by atoms with Crippen molar-refractivity contribution in [3.05, 3.63) is 53.9 Å². The zero-order valence-corrected chi connectivity index (χ0v) is 11.4. The standard InChI is InChI=1S/C16H16N2O2/c1-10(2)11-3-5-12(6-4-11)17-16(19)14-9-15-13(18-14)7-8-20-15/h3-10,18H,1-2H3,(H,17,19). The van der Waals surface area contributed by atoms with E-state index in [1.165, 1.54) is 5.56 Å². The lowest BCUT2D eigenvalue weighted by Crippen LogP contribution is -2.12. The quantitative estimate of drug-likeness (QED) is 0.750. The van der Waals surface area contributed by atoms with Gasteiger partial charge in [0.15, 0.2) is 5.58 Å². The molecule has 0 atom stereocenters. The second-order valence-corrected chi connectivity index (χ2v) is 5.11. The lowest BCUT2D eigenvalue weighted by atomic mass is 10.0. The fraction of sp³-hybridized carbons (Fsp3) is 0.188. The van der Waals surface area contributed by atoms with Gasteiger partial charge in [-0.15, -0.1) is 0 Å². The summed E-state index contributed by atoms with van der Waals surface area (Å²) in [6, 6.07) is 11.4. The number of anilines is 1. The van der Waals surface area contributed by atoms with Gasteiger partial charge in [0.25, 0.3) is 5.91 Å². The molecule has 2 N–H and O–H groups in total. The minimum atomic E-state index is -0.173. The van der Waals surface area contributed by atoms with Crippen LogP contribution in [0.3, 0.4) is 0 Å². The number of H-pyrrole nitrogens is 1. The van der Waals surface area contributed by atoms with Crippen molar-refractivity contribution >= 4 is 22.7 Å². The number of aromatic amines is 1. The number of hydrogen-bond donors (Lipinski definition) is 2. The number of amides is 1. The first-order valence-corrected chi connectivity index (χ1v) is 6.61. The molecule has 1 aromatic carbocycles. The summed E-state index contributed by atoms with van der Waals surface area (Å²) in [5.41, 5.74) is 4.04. The van der Waals surface area contributed by atoms with Crippen molar-refractivity contribution in [3.8, 4) is 0 Å². The molecule has 4 heteroatoms. The van der Waals surface area contributed by atoms with Crippen molar-refractivity contribution in [2.45, 2.75) is 19.8 Å². The van der Waals surface area contributed by atoms with E-state index in [0.29, 0.717) is 17.2 Å². The molecule has 3 aromatic rings. The van der Waals surface area contributed by atoms with E-state index in [4.69, 9.17) is 4.42 Å². The highest BCUT2D eigenvalue weighted by molar-refractivity contribution is 6.05. The number of nitrogens with one attached hydrogen (secondary N) is 2. The van der Waals surface area contributed by atoms with Gasteiger partial charge in [-0.2, -0.15) is 0 Å². The lowest BCUT2D eigenvalue weighted by molar-refractivity contribution is 0.102. The van der Waals surface area contributed by atoms with Gasteiger partial charge in [-0.1, -0.05) is 26.0 Å². The SMILES string of the molecule is CC(C)c1ccc(NC(=O)c2cc3occc3[nH]2)cc1. The third-order valence-corrected chi connectivity index (χ3v) is 3.32. The molecule has 0 aliphatic rings. The van der Waals surface area contributed by atoms with E-state index in [0.717, 1.165) is 11.2 Å². The third-order valence-electron chi connectivity index (χ3n) is 3.32. The predicted molar refractivity (Wildman–Crippen MR) is 79.0 cm³/mol. The molecule has 0 saturated carbocycles. The molecule has 0 bridgehead atoms. The number of furan rings is 1. The summed E-state index contributed by atoms with van der Waals surface area (Å²) in [6.07, 6.45) is 1.59. The Morgan fingerprint density at radius 3 is 2.60 bits per heavy atom. The van der Waals surface area contributed by atoms with Gasteiger partial charge in [0.2, 0.25) is 0 Å². The van der Waals surface area contributed by atoms with Crippen LogP contribution in [0.4, 0.5) is 5.69 Å². The number of carbonyl (C=O) groups excluding carboxylic acids is 1. The average Bonchev–Trinajstić information content (AvgIpc) is 2.99. The third kappa shape index (κ3) is 2.32. The molecule has 1 amide bonds. The summed E-state index contributed by atoms with van der Waals surface area (Å²) >= 11 is 0. The molecule has 0 saturated heterocycles. The molecule has 0 fully saturated rings. The summed E-state index contributed by atoms with van der Waals surface area (Å²) in [5.74, 6) is 0.309. The van der Waals surface area contributed by atoms with Crippen LogP contribution in [0.25, 0.3) is 11.1 Å². The smallest absolute Gasteiger partial charge is 0.272 e. The molecule has 0 spiro atoms. The van der Waals surface area contributed by atoms with E-state index < -0.39 is 0 Å². The largest absolute Gasteiger partial charge is 0.463 e. The van der Waals surface area contributed by atoms with Gasteiger partial charge in [0.1, 0.15) is 5.69 Å². The van der Waals surface area contributed by atoms with E-state index in [9.17, 15) is 4.79 Å². The summed E-state index contributed by atoms with van der Waals surface area (Å²) < 4.78 is 5.23. The zero-order valence-electron chi connectivity index (χ0n) is 11.4. The number of carbonyl (C=O) groups is 1. The molecular weight excluding hydrogens is 252 g/mol. The van der Waals surface area contributed by atoms with Crippen LogP contribution in [0.15, 0.2) is 47.1 Å². The Morgan fingerprint density at radius 2 is 1.95 bits per heavy atom. The summed E-state index contributed by atoms with van der Waals surface area (Å²) in [6.45, 7) is 4.28. The fourth-order valence-corrected chi connectivity index (χ4v) is 2.12. The fourth-order valence-electron chi connectivity index (χ4n) is 2.12. The number of rotatable bonds is 3. The first kappa shape index (κ1) is 12.5. The maximum absolute atomic E-state index is 12.1. The number of benzene rings is 1. The number of fused-ring (bicyclic) bond motifs is 1. The molecule has 0 aliphatic heterocycles. The maximum Gasteiger partial charge on any atom is 0.272 e. The van der Waals surface area contributed by atoms with Crippen LogP contribution in [0.5, 0.6) is 0 Å². The van der Waals surface area contributed by atoms with Crippen molar-refractivity contribution < 1.29 is 9.21 Å². The minimum Gasteiger partial charge on any atom is -0.463 e. The summed E-state index contributed by atoms with van der Waals surface area (Å²) in [4.78, 5) is 15.1. The molecule has 4 nitrogen and oxygen atoms in total. The molecule has 102 valence electrons. The van der Waals surface area contributed by atoms with Crippen molar-refractivity contribution in [2.75, 3.05) is 5.32 Å². The monoisotopic (exact) mass is 268 g/mol. The second-order valence-electron chi connectivity index (χ2n) is 5.11. The molecule has 2 heterocycles. The van der Waals surface area contributed by atoms with Crippen molar-refractivity contribution in [1.82, 2.24) is 4.98 Å². The van der Waals surface area contributed by atoms with Crippen LogP contribution in [-0.4, -0.2) is 10.9 Å². The number of aromatic nitrogens is 1. The Hall–Kier alpha value is -2.49. The average molecular weight is 268 g/mol. The summed E-state index contributed by atoms with van der Waals surface area (Å²) in [5, 5.41) is 2.86. The van der Waals surface area contributed by atoms with Gasteiger partial charge < -0.3 is 14.7 Å². The Morgan fingerprint density at radius 1 is 1.20 bits per heavy atom. The van der Waals surface area contributed by atoms with E-state index in [-0.39, 0.29) is 5.91 Å². The molecule has 0 unspecified atom stereocenters. The highest BCUT2D eigenvalue weighted by Crippen LogP contribution is 2.19. The van der Waals surface area contributed by atoms with Crippen LogP contribution in [0, 0.1) is 0 Å². The van der Waals surface area contributed by atoms with Gasteiger partial charge in [0, 0.05) is 17.8 Å². The molecule has 2 aromatic heterocycles. The van der Waals surface area contributed by atoms with Crippen molar-refractivity contribution in [2.24, 2.45) is 0 Å². The first-order valence-electron chi connectivity index (χ1n) is 6.61. The number of hydrogen-bond acceptors (Lipinski definition) is 2. The van der Waals surface area contributed by atoms with Gasteiger partial charge in [0.05, 0.1) is 11.8 Å². The Kier molecular flexibility index (Phi) is 3.06. The zero-order chi connectivity index (χ0) is 14.1. The van der Waals surface area contributed by atoms with Crippen molar-refractivity contribution in [3.63, 3.8) is 0 Å². The van der Waals surface area contributed by atoms with Crippen LogP contribution in [0.2, 0.25) is 0 Å². The predicted octanol–water partition coefficient (Wildman–Crippen LogP) is 4.14. The van der Waals surface area contributed by atoms with E-state index in [1.807, 2.05) is 24.3 Å². The van der Waals surface area contributed by atoms with Gasteiger partial charge in [-0.05, 0) is 23.6 Å². The topological polar surface area (TPSA) is 58.0 Å². The van der Waals surface area contributed by atoms with Gasteiger partial charge in [-0.3, -0.25) is 4.79 Å². The minimum absolute atomic E-state index is 0.173. The molecule has 0 radical (unpaired) electrons. The maximum atomic E-state index is 12.1. The van der Waals surface area contributed by atoms with Crippen LogP contribution in [0.1, 0.15) is 35.8 Å². The second kappa shape index (κ2) is 4.89. The normalized spacial score (nSPS) is 11.2. The van der Waals surface area contributed by atoms with E-state index in [2.05, 4.69) is 24.1 Å². The molecule has 20 heavy (non-hydrogen) atoms. The van der Waals surface area contributed by atoms with Crippen LogP contribution >= 0.6 is 0 Å². The van der Waals surface area contributed by atoms with Gasteiger partial charge in [-0.25, -0.2) is 0 Å². The highest BCUT2D eigenvalue weighted by atomic mass is 16.3. The highest BCUT2D eigenvalue weighted by Gasteiger charge is 2.11. The summed E-state index contributed by atoms with van der Waals surface area (Å²) in [7, 11) is 0. The molecule has 0 aliphatic carbocycles. The Balaban J connectivity index is 1.76. The molecular formula is C16H16N2O2. The van der Waals surface area contributed by atoms with Crippen LogP contribution in [-0.2, 0) is 0 Å². The Bertz CT molecular complexity index is 707. The van der Waals surface area contributed by atoms with Crippen molar-refractivity contribution in [1.29, 1.82) is 0 Å². The van der Waals surface area contributed by atoms with Crippen LogP contribution < -0.4 is 5.32 Å². The lowest BCUT2D eigenvalue weighted by Gasteiger charge is -2.07. The van der Waals surface area contributed by atoms with Gasteiger partial charge >= 0.3 is 0 Å². The van der Waals surface area contributed by atoms with E-state index >= 15 is 0 Å². The van der Waals surface area contributed by atoms with E-state index in [1.54, 1.807) is 18.4 Å².